The maximum absolute atomic E-state index is 12.6. The van der Waals surface area contributed by atoms with E-state index in [1.54, 1.807) is 0 Å². The highest BCUT2D eigenvalue weighted by atomic mass is 79.9. The highest BCUT2D eigenvalue weighted by molar-refractivity contribution is 9.10. The predicted molar refractivity (Wildman–Crippen MR) is 82.6 cm³/mol. The maximum Gasteiger partial charge on any atom is 0.171 e. The van der Waals surface area contributed by atoms with E-state index in [0.717, 1.165) is 33.3 Å². The smallest absolute Gasteiger partial charge is 0.171 e. The molecule has 20 heavy (non-hydrogen) atoms. The Balaban J connectivity index is 1.94. The molecule has 1 aliphatic rings. The molecular weight excluding hydrogens is 316 g/mol. The first-order valence-corrected chi connectivity index (χ1v) is 7.47. The SMILES string of the molecule is Cc1ccccc1CC(=O)c1cc(Br)cc2c1OCC2. The molecule has 1 aliphatic heterocycles. The zero-order chi connectivity index (χ0) is 14.1. The number of aryl methyl sites for hydroxylation is 1. The summed E-state index contributed by atoms with van der Waals surface area (Å²) in [4.78, 5) is 12.6. The van der Waals surface area contributed by atoms with Crippen LogP contribution in [0.2, 0.25) is 0 Å². The molecule has 3 heteroatoms. The summed E-state index contributed by atoms with van der Waals surface area (Å²) in [6, 6.07) is 11.9. The summed E-state index contributed by atoms with van der Waals surface area (Å²) < 4.78 is 6.57. The Bertz CT molecular complexity index is 677. The molecule has 1 heterocycles. The molecule has 2 nitrogen and oxygen atoms in total. The van der Waals surface area contributed by atoms with Gasteiger partial charge >= 0.3 is 0 Å². The van der Waals surface area contributed by atoms with Crippen LogP contribution in [0.1, 0.15) is 27.0 Å². The minimum atomic E-state index is 0.110. The van der Waals surface area contributed by atoms with Crippen molar-refractivity contribution in [1.82, 2.24) is 0 Å². The van der Waals surface area contributed by atoms with Gasteiger partial charge < -0.3 is 4.74 Å². The number of fused-ring (bicyclic) bond motifs is 1. The third-order valence-corrected chi connectivity index (χ3v) is 4.12. The van der Waals surface area contributed by atoms with Crippen molar-refractivity contribution in [2.75, 3.05) is 6.61 Å². The number of hydrogen-bond donors (Lipinski definition) is 0. The van der Waals surface area contributed by atoms with Gasteiger partial charge in [0.1, 0.15) is 5.75 Å². The van der Waals surface area contributed by atoms with Gasteiger partial charge in [-0.2, -0.15) is 0 Å². The Morgan fingerprint density at radius 1 is 1.30 bits per heavy atom. The van der Waals surface area contributed by atoms with E-state index in [1.807, 2.05) is 43.3 Å². The van der Waals surface area contributed by atoms with E-state index in [0.29, 0.717) is 18.6 Å². The summed E-state index contributed by atoms with van der Waals surface area (Å²) >= 11 is 3.48. The van der Waals surface area contributed by atoms with Gasteiger partial charge in [0.05, 0.1) is 12.2 Å². The quantitative estimate of drug-likeness (QED) is 0.791. The van der Waals surface area contributed by atoms with Gasteiger partial charge in [0, 0.05) is 17.3 Å². The first-order chi connectivity index (χ1) is 9.65. The summed E-state index contributed by atoms with van der Waals surface area (Å²) in [5, 5.41) is 0. The van der Waals surface area contributed by atoms with E-state index in [9.17, 15) is 4.79 Å². The van der Waals surface area contributed by atoms with Crippen LogP contribution in [-0.2, 0) is 12.8 Å². The monoisotopic (exact) mass is 330 g/mol. The number of ether oxygens (including phenoxy) is 1. The molecule has 3 rings (SSSR count). The molecular formula is C17H15BrO2. The average molecular weight is 331 g/mol. The third kappa shape index (κ3) is 2.50. The fourth-order valence-corrected chi connectivity index (χ4v) is 3.06. The van der Waals surface area contributed by atoms with Gasteiger partial charge in [-0.3, -0.25) is 4.79 Å². The Kier molecular flexibility index (Phi) is 3.62. The Labute approximate surface area is 126 Å². The number of carbonyl (C=O) groups excluding carboxylic acids is 1. The lowest BCUT2D eigenvalue weighted by molar-refractivity contribution is 0.0989. The molecule has 0 radical (unpaired) electrons. The number of ketones is 1. The third-order valence-electron chi connectivity index (χ3n) is 3.66. The van der Waals surface area contributed by atoms with Crippen molar-refractivity contribution in [3.63, 3.8) is 0 Å². The van der Waals surface area contributed by atoms with Gasteiger partial charge in [-0.15, -0.1) is 0 Å². The molecule has 0 aromatic heterocycles. The number of benzene rings is 2. The topological polar surface area (TPSA) is 26.3 Å². The van der Waals surface area contributed by atoms with Crippen LogP contribution in [0.4, 0.5) is 0 Å². The minimum Gasteiger partial charge on any atom is -0.492 e. The second kappa shape index (κ2) is 5.41. The van der Waals surface area contributed by atoms with E-state index in [4.69, 9.17) is 4.74 Å². The van der Waals surface area contributed by atoms with Crippen molar-refractivity contribution in [3.8, 4) is 5.75 Å². The summed E-state index contributed by atoms with van der Waals surface area (Å²) in [6.45, 7) is 2.70. The Morgan fingerprint density at radius 3 is 2.90 bits per heavy atom. The molecule has 2 aromatic carbocycles. The van der Waals surface area contributed by atoms with Crippen molar-refractivity contribution in [2.24, 2.45) is 0 Å². The van der Waals surface area contributed by atoms with Crippen LogP contribution in [0.5, 0.6) is 5.75 Å². The van der Waals surface area contributed by atoms with Crippen LogP contribution in [0, 0.1) is 6.92 Å². The average Bonchev–Trinajstić information content (AvgIpc) is 2.88. The minimum absolute atomic E-state index is 0.110. The number of rotatable bonds is 3. The van der Waals surface area contributed by atoms with Crippen molar-refractivity contribution in [1.29, 1.82) is 0 Å². The van der Waals surface area contributed by atoms with Crippen LogP contribution < -0.4 is 4.74 Å². The molecule has 0 N–H and O–H groups in total. The molecule has 0 atom stereocenters. The zero-order valence-electron chi connectivity index (χ0n) is 11.3. The van der Waals surface area contributed by atoms with E-state index in [2.05, 4.69) is 15.9 Å². The van der Waals surface area contributed by atoms with Gasteiger partial charge in [0.2, 0.25) is 0 Å². The largest absolute Gasteiger partial charge is 0.492 e. The molecule has 0 unspecified atom stereocenters. The van der Waals surface area contributed by atoms with Crippen LogP contribution >= 0.6 is 15.9 Å². The number of hydrogen-bond acceptors (Lipinski definition) is 2. The van der Waals surface area contributed by atoms with E-state index in [-0.39, 0.29) is 5.78 Å². The molecule has 0 amide bonds. The summed E-state index contributed by atoms with van der Waals surface area (Å²) in [5.74, 6) is 0.880. The standard InChI is InChI=1S/C17H15BrO2/c1-11-4-2-3-5-12(11)9-16(19)15-10-14(18)8-13-6-7-20-17(13)15/h2-5,8,10H,6-7,9H2,1H3. The van der Waals surface area contributed by atoms with Crippen LogP contribution in [-0.4, -0.2) is 12.4 Å². The van der Waals surface area contributed by atoms with Gasteiger partial charge in [-0.25, -0.2) is 0 Å². The lowest BCUT2D eigenvalue weighted by atomic mass is 9.97. The second-order valence-corrected chi connectivity index (χ2v) is 5.98. The fraction of sp³-hybridized carbons (Fsp3) is 0.235. The normalized spacial score (nSPS) is 12.9. The van der Waals surface area contributed by atoms with E-state index >= 15 is 0 Å². The van der Waals surface area contributed by atoms with Crippen LogP contribution in [0.25, 0.3) is 0 Å². The number of halogens is 1. The maximum atomic E-state index is 12.6. The lowest BCUT2D eigenvalue weighted by Gasteiger charge is -2.09. The lowest BCUT2D eigenvalue weighted by Crippen LogP contribution is -2.07. The van der Waals surface area contributed by atoms with Crippen molar-refractivity contribution in [3.05, 3.63) is 63.1 Å². The molecule has 0 fully saturated rings. The van der Waals surface area contributed by atoms with Crippen molar-refractivity contribution in [2.45, 2.75) is 19.8 Å². The highest BCUT2D eigenvalue weighted by Gasteiger charge is 2.22. The summed E-state index contributed by atoms with van der Waals surface area (Å²) in [6.07, 6.45) is 1.29. The van der Waals surface area contributed by atoms with Gasteiger partial charge in [0.25, 0.3) is 0 Å². The fourth-order valence-electron chi connectivity index (χ4n) is 2.55. The van der Waals surface area contributed by atoms with Gasteiger partial charge in [0.15, 0.2) is 5.78 Å². The van der Waals surface area contributed by atoms with Crippen molar-refractivity contribution < 1.29 is 9.53 Å². The Morgan fingerprint density at radius 2 is 2.10 bits per heavy atom. The molecule has 0 saturated heterocycles. The van der Waals surface area contributed by atoms with Crippen LogP contribution in [0.15, 0.2) is 40.9 Å². The number of carbonyl (C=O) groups is 1. The first kappa shape index (κ1) is 13.4. The molecule has 0 aliphatic carbocycles. The van der Waals surface area contributed by atoms with E-state index in [1.165, 1.54) is 0 Å². The van der Waals surface area contributed by atoms with E-state index < -0.39 is 0 Å². The molecule has 2 aromatic rings. The first-order valence-electron chi connectivity index (χ1n) is 6.68. The molecule has 0 spiro atoms. The zero-order valence-corrected chi connectivity index (χ0v) is 12.9. The molecule has 102 valence electrons. The van der Waals surface area contributed by atoms with Gasteiger partial charge in [-0.05, 0) is 35.7 Å². The number of Topliss-reactive ketones (excluding diaryl/α,β-unsaturated/α-hetero) is 1. The summed E-state index contributed by atoms with van der Waals surface area (Å²) in [5.41, 5.74) is 4.03. The molecule has 0 saturated carbocycles. The summed E-state index contributed by atoms with van der Waals surface area (Å²) in [7, 11) is 0. The van der Waals surface area contributed by atoms with Gasteiger partial charge in [-0.1, -0.05) is 40.2 Å². The highest BCUT2D eigenvalue weighted by Crippen LogP contribution is 2.33. The van der Waals surface area contributed by atoms with Crippen molar-refractivity contribution >= 4 is 21.7 Å². The Hall–Kier alpha value is -1.61. The molecule has 0 bridgehead atoms. The predicted octanol–water partition coefficient (Wildman–Crippen LogP) is 4.12. The second-order valence-electron chi connectivity index (χ2n) is 5.07. The van der Waals surface area contributed by atoms with Crippen LogP contribution in [0.3, 0.4) is 0 Å².